The third-order valence-electron chi connectivity index (χ3n) is 7.55. The van der Waals surface area contributed by atoms with Crippen molar-refractivity contribution in [2.45, 2.75) is 95.9 Å². The van der Waals surface area contributed by atoms with Gasteiger partial charge in [-0.2, -0.15) is 0 Å². The Kier molecular flexibility index (Phi) is 10.1. The Hall–Kier alpha value is -2.28. The first-order valence-corrected chi connectivity index (χ1v) is 13.7. The predicted octanol–water partition coefficient (Wildman–Crippen LogP) is 4.16. The highest BCUT2D eigenvalue weighted by molar-refractivity contribution is 5.81. The molecule has 1 aromatic carbocycles. The topological polar surface area (TPSA) is 78.1 Å². The lowest BCUT2D eigenvalue weighted by Crippen LogP contribution is -2.41. The zero-order valence-electron chi connectivity index (χ0n) is 21.3. The fourth-order valence-corrected chi connectivity index (χ4v) is 5.47. The maximum atomic E-state index is 12.7. The van der Waals surface area contributed by atoms with Crippen molar-refractivity contribution in [3.63, 3.8) is 0 Å². The van der Waals surface area contributed by atoms with Gasteiger partial charge in [-0.1, -0.05) is 43.5 Å². The van der Waals surface area contributed by atoms with E-state index in [2.05, 4.69) is 44.5 Å². The van der Waals surface area contributed by atoms with E-state index in [4.69, 9.17) is 0 Å². The second-order valence-corrected chi connectivity index (χ2v) is 10.2. The number of hydrogen-bond acceptors (Lipinski definition) is 5. The molecule has 0 radical (unpaired) electrons. The quantitative estimate of drug-likeness (QED) is 0.346. The van der Waals surface area contributed by atoms with Gasteiger partial charge in [-0.05, 0) is 87.4 Å². The van der Waals surface area contributed by atoms with Crippen LogP contribution in [0.2, 0.25) is 0 Å². The van der Waals surface area contributed by atoms with E-state index >= 15 is 0 Å². The van der Waals surface area contributed by atoms with Crippen LogP contribution in [0.4, 0.5) is 0 Å². The molecule has 0 aliphatic heterocycles. The van der Waals surface area contributed by atoms with Crippen LogP contribution in [0.3, 0.4) is 0 Å². The van der Waals surface area contributed by atoms with Crippen LogP contribution >= 0.6 is 0 Å². The molecule has 1 aromatic heterocycles. The van der Waals surface area contributed by atoms with E-state index in [1.807, 2.05) is 25.1 Å². The Morgan fingerprint density at radius 1 is 0.971 bits per heavy atom. The standard InChI is InChI=1S/C29H43N5O/c1-22(33-21-25-13-5-6-17-31-25)29(35)34-20-23-10-7-15-27-26(23)14-8-16-28(27)32-19-9-18-30-24-11-3-2-4-12-24/h5-7,10,13,15,17,22,24,28,30,32-33H,2-4,8-9,11-12,14,16,18-21H2,1H3,(H,34,35)/t22-,28?/m0/s1. The maximum Gasteiger partial charge on any atom is 0.237 e. The number of carbonyl (C=O) groups is 1. The number of pyridine rings is 1. The van der Waals surface area contributed by atoms with E-state index in [0.29, 0.717) is 19.1 Å². The highest BCUT2D eigenvalue weighted by Crippen LogP contribution is 2.32. The highest BCUT2D eigenvalue weighted by Gasteiger charge is 2.22. The number of aromatic nitrogens is 1. The Morgan fingerprint density at radius 2 is 1.83 bits per heavy atom. The number of nitrogens with zero attached hydrogens (tertiary/aromatic N) is 1. The lowest BCUT2D eigenvalue weighted by Gasteiger charge is -2.29. The van der Waals surface area contributed by atoms with E-state index in [9.17, 15) is 4.79 Å². The van der Waals surface area contributed by atoms with Crippen LogP contribution in [0, 0.1) is 0 Å². The number of rotatable bonds is 12. The lowest BCUT2D eigenvalue weighted by molar-refractivity contribution is -0.122. The van der Waals surface area contributed by atoms with Gasteiger partial charge < -0.3 is 21.3 Å². The summed E-state index contributed by atoms with van der Waals surface area (Å²) in [4.78, 5) is 17.0. The smallest absolute Gasteiger partial charge is 0.237 e. The first-order valence-electron chi connectivity index (χ1n) is 13.7. The van der Waals surface area contributed by atoms with Crippen molar-refractivity contribution in [1.82, 2.24) is 26.3 Å². The largest absolute Gasteiger partial charge is 0.351 e. The Labute approximate surface area is 211 Å². The second-order valence-electron chi connectivity index (χ2n) is 10.2. The van der Waals surface area contributed by atoms with Crippen LogP contribution < -0.4 is 21.3 Å². The molecule has 4 rings (SSSR count). The summed E-state index contributed by atoms with van der Waals surface area (Å²) in [5.74, 6) is 0.0227. The first-order chi connectivity index (χ1) is 17.2. The van der Waals surface area contributed by atoms with Crippen LogP contribution in [0.1, 0.15) is 86.7 Å². The summed E-state index contributed by atoms with van der Waals surface area (Å²) in [5, 5.41) is 14.0. The molecule has 0 saturated heterocycles. The molecule has 1 fully saturated rings. The number of benzene rings is 1. The van der Waals surface area contributed by atoms with E-state index in [1.165, 1.54) is 68.1 Å². The summed E-state index contributed by atoms with van der Waals surface area (Å²) in [6, 6.07) is 13.3. The average molecular weight is 478 g/mol. The van der Waals surface area contributed by atoms with Crippen LogP contribution in [-0.4, -0.2) is 36.1 Å². The number of nitrogens with one attached hydrogen (secondary N) is 4. The lowest BCUT2D eigenvalue weighted by atomic mass is 9.84. The maximum absolute atomic E-state index is 12.7. The van der Waals surface area contributed by atoms with E-state index in [0.717, 1.165) is 31.2 Å². The molecule has 2 aromatic rings. The van der Waals surface area contributed by atoms with Crippen molar-refractivity contribution in [2.24, 2.45) is 0 Å². The Morgan fingerprint density at radius 3 is 2.66 bits per heavy atom. The fraction of sp³-hybridized carbons (Fsp3) is 0.586. The van der Waals surface area contributed by atoms with Crippen LogP contribution in [0.25, 0.3) is 0 Å². The minimum absolute atomic E-state index is 0.0227. The molecular formula is C29H43N5O. The summed E-state index contributed by atoms with van der Waals surface area (Å²) in [6.45, 7) is 5.22. The van der Waals surface area contributed by atoms with Crippen molar-refractivity contribution in [1.29, 1.82) is 0 Å². The van der Waals surface area contributed by atoms with Crippen LogP contribution in [-0.2, 0) is 24.3 Å². The molecule has 1 amide bonds. The highest BCUT2D eigenvalue weighted by atomic mass is 16.2. The van der Waals surface area contributed by atoms with Gasteiger partial charge in [-0.15, -0.1) is 0 Å². The monoisotopic (exact) mass is 477 g/mol. The van der Waals surface area contributed by atoms with Gasteiger partial charge in [0.1, 0.15) is 0 Å². The Balaban J connectivity index is 1.22. The number of amides is 1. The first kappa shape index (κ1) is 25.8. The number of carbonyl (C=O) groups excluding carboxylic acids is 1. The molecule has 6 nitrogen and oxygen atoms in total. The number of fused-ring (bicyclic) bond motifs is 1. The molecule has 2 aliphatic carbocycles. The zero-order chi connectivity index (χ0) is 24.3. The van der Waals surface area contributed by atoms with E-state index < -0.39 is 0 Å². The summed E-state index contributed by atoms with van der Waals surface area (Å²) >= 11 is 0. The molecular weight excluding hydrogens is 434 g/mol. The third kappa shape index (κ3) is 7.86. The van der Waals surface area contributed by atoms with Gasteiger partial charge in [-0.25, -0.2) is 0 Å². The van der Waals surface area contributed by atoms with Gasteiger partial charge in [-0.3, -0.25) is 9.78 Å². The van der Waals surface area contributed by atoms with Gasteiger partial charge in [0.15, 0.2) is 0 Å². The summed E-state index contributed by atoms with van der Waals surface area (Å²) in [5.41, 5.74) is 5.03. The van der Waals surface area contributed by atoms with Crippen molar-refractivity contribution >= 4 is 5.91 Å². The molecule has 2 aliphatic rings. The normalized spacial score (nSPS) is 19.2. The summed E-state index contributed by atoms with van der Waals surface area (Å²) < 4.78 is 0. The second kappa shape index (κ2) is 13.7. The minimum atomic E-state index is -0.270. The van der Waals surface area contributed by atoms with Crippen molar-refractivity contribution in [3.8, 4) is 0 Å². The zero-order valence-corrected chi connectivity index (χ0v) is 21.3. The Bertz CT molecular complexity index is 913. The molecule has 0 bridgehead atoms. The van der Waals surface area contributed by atoms with Crippen molar-refractivity contribution in [3.05, 3.63) is 65.0 Å². The van der Waals surface area contributed by atoms with E-state index in [-0.39, 0.29) is 11.9 Å². The molecule has 2 atom stereocenters. The van der Waals surface area contributed by atoms with Gasteiger partial charge >= 0.3 is 0 Å². The molecule has 1 heterocycles. The average Bonchev–Trinajstić information content (AvgIpc) is 2.91. The predicted molar refractivity (Wildman–Crippen MR) is 142 cm³/mol. The van der Waals surface area contributed by atoms with Gasteiger partial charge in [0, 0.05) is 31.4 Å². The molecule has 190 valence electrons. The minimum Gasteiger partial charge on any atom is -0.351 e. The fourth-order valence-electron chi connectivity index (χ4n) is 5.47. The summed E-state index contributed by atoms with van der Waals surface area (Å²) in [6.07, 6.45) is 13.3. The molecule has 35 heavy (non-hydrogen) atoms. The van der Waals surface area contributed by atoms with Crippen LogP contribution in [0.5, 0.6) is 0 Å². The SMILES string of the molecule is C[C@H](NCc1ccccn1)C(=O)NCc1cccc2c1CCCC2NCCCNC1CCCCC1. The molecule has 0 spiro atoms. The third-order valence-corrected chi connectivity index (χ3v) is 7.55. The molecule has 1 saturated carbocycles. The van der Waals surface area contributed by atoms with E-state index in [1.54, 1.807) is 6.20 Å². The van der Waals surface area contributed by atoms with Crippen molar-refractivity contribution in [2.75, 3.05) is 13.1 Å². The molecule has 4 N–H and O–H groups in total. The molecule has 6 heteroatoms. The van der Waals surface area contributed by atoms with Gasteiger partial charge in [0.2, 0.25) is 5.91 Å². The molecule has 1 unspecified atom stereocenters. The van der Waals surface area contributed by atoms with Gasteiger partial charge in [0.05, 0.1) is 11.7 Å². The van der Waals surface area contributed by atoms with Gasteiger partial charge in [0.25, 0.3) is 0 Å². The van der Waals surface area contributed by atoms with Crippen LogP contribution in [0.15, 0.2) is 42.6 Å². The summed E-state index contributed by atoms with van der Waals surface area (Å²) in [7, 11) is 0. The number of hydrogen-bond donors (Lipinski definition) is 4. The van der Waals surface area contributed by atoms with Crippen molar-refractivity contribution < 1.29 is 4.79 Å².